The van der Waals surface area contributed by atoms with Crippen molar-refractivity contribution >= 4 is 34.0 Å². The molecule has 2 heterocycles. The number of carbonyl (C=O) groups excluding carboxylic acids is 1. The third kappa shape index (κ3) is 3.74. The third-order valence-corrected chi connectivity index (χ3v) is 5.29. The molecular weight excluding hydrogens is 378 g/mol. The summed E-state index contributed by atoms with van der Waals surface area (Å²) in [5.74, 6) is -0.183. The minimum atomic E-state index is -0.183. The highest BCUT2D eigenvalue weighted by Crippen LogP contribution is 2.38. The molecule has 0 radical (unpaired) electrons. The maximum Gasteiger partial charge on any atom is 0.257 e. The van der Waals surface area contributed by atoms with Crippen molar-refractivity contribution in [3.8, 4) is 21.6 Å². The van der Waals surface area contributed by atoms with E-state index in [4.69, 9.17) is 11.6 Å². The van der Waals surface area contributed by atoms with Crippen LogP contribution in [0.25, 0.3) is 21.6 Å². The lowest BCUT2D eigenvalue weighted by Gasteiger charge is -2.08. The van der Waals surface area contributed by atoms with Gasteiger partial charge in [-0.1, -0.05) is 59.3 Å². The Balaban J connectivity index is 1.65. The van der Waals surface area contributed by atoms with E-state index in [-0.39, 0.29) is 5.91 Å². The smallest absolute Gasteiger partial charge is 0.257 e. The lowest BCUT2D eigenvalue weighted by molar-refractivity contribution is 0.102. The molecule has 0 unspecified atom stereocenters. The SMILES string of the molecule is O=C(Nc1ncc(-c2ccncc2-c2ccccc2Cl)s1)c1ccccc1. The molecule has 0 aliphatic carbocycles. The van der Waals surface area contributed by atoms with Gasteiger partial charge in [0.05, 0.1) is 4.88 Å². The Hall–Kier alpha value is -3.02. The molecule has 4 nitrogen and oxygen atoms in total. The molecule has 6 heteroatoms. The van der Waals surface area contributed by atoms with Gasteiger partial charge in [-0.2, -0.15) is 0 Å². The zero-order chi connectivity index (χ0) is 18.6. The molecule has 0 bridgehead atoms. The Labute approximate surface area is 165 Å². The highest BCUT2D eigenvalue weighted by molar-refractivity contribution is 7.19. The van der Waals surface area contributed by atoms with Crippen LogP contribution in [-0.4, -0.2) is 15.9 Å². The third-order valence-electron chi connectivity index (χ3n) is 4.01. The van der Waals surface area contributed by atoms with Crippen molar-refractivity contribution in [3.05, 3.63) is 89.8 Å². The second-order valence-electron chi connectivity index (χ2n) is 5.75. The zero-order valence-electron chi connectivity index (χ0n) is 14.1. The fourth-order valence-electron chi connectivity index (χ4n) is 2.72. The molecule has 27 heavy (non-hydrogen) atoms. The van der Waals surface area contributed by atoms with Gasteiger partial charge < -0.3 is 0 Å². The van der Waals surface area contributed by atoms with Gasteiger partial charge in [0.2, 0.25) is 0 Å². The summed E-state index contributed by atoms with van der Waals surface area (Å²) in [6.45, 7) is 0. The van der Waals surface area contributed by atoms with E-state index in [1.54, 1.807) is 30.7 Å². The van der Waals surface area contributed by atoms with Gasteiger partial charge in [0.1, 0.15) is 0 Å². The molecule has 0 spiro atoms. The number of benzene rings is 2. The fraction of sp³-hybridized carbons (Fsp3) is 0. The van der Waals surface area contributed by atoms with Crippen LogP contribution in [0.15, 0.2) is 79.3 Å². The van der Waals surface area contributed by atoms with E-state index in [0.29, 0.717) is 15.7 Å². The molecule has 4 aromatic rings. The Morgan fingerprint density at radius 3 is 2.48 bits per heavy atom. The largest absolute Gasteiger partial charge is 0.298 e. The van der Waals surface area contributed by atoms with Crippen LogP contribution in [-0.2, 0) is 0 Å². The van der Waals surface area contributed by atoms with E-state index >= 15 is 0 Å². The molecule has 0 fully saturated rings. The number of hydrogen-bond acceptors (Lipinski definition) is 4. The quantitative estimate of drug-likeness (QED) is 0.480. The predicted molar refractivity (Wildman–Crippen MR) is 110 cm³/mol. The van der Waals surface area contributed by atoms with E-state index in [1.165, 1.54) is 11.3 Å². The molecule has 4 rings (SSSR count). The van der Waals surface area contributed by atoms with Gasteiger partial charge >= 0.3 is 0 Å². The first kappa shape index (κ1) is 17.4. The average Bonchev–Trinajstić information content (AvgIpc) is 3.17. The number of hydrogen-bond donors (Lipinski definition) is 1. The maximum atomic E-state index is 12.3. The Bertz CT molecular complexity index is 1100. The van der Waals surface area contributed by atoms with Crippen molar-refractivity contribution in [1.29, 1.82) is 0 Å². The molecule has 1 amide bonds. The normalized spacial score (nSPS) is 10.6. The van der Waals surface area contributed by atoms with Crippen molar-refractivity contribution in [1.82, 2.24) is 9.97 Å². The van der Waals surface area contributed by atoms with Gasteiger partial charge in [-0.25, -0.2) is 4.98 Å². The van der Waals surface area contributed by atoms with Crippen LogP contribution in [0, 0.1) is 0 Å². The minimum absolute atomic E-state index is 0.183. The highest BCUT2D eigenvalue weighted by Gasteiger charge is 2.14. The van der Waals surface area contributed by atoms with Crippen LogP contribution in [0.5, 0.6) is 0 Å². The van der Waals surface area contributed by atoms with Gasteiger partial charge in [-0.3, -0.25) is 15.1 Å². The second kappa shape index (κ2) is 7.70. The van der Waals surface area contributed by atoms with Crippen molar-refractivity contribution < 1.29 is 4.79 Å². The van der Waals surface area contributed by atoms with E-state index in [1.807, 2.05) is 48.5 Å². The fourth-order valence-corrected chi connectivity index (χ4v) is 3.81. The zero-order valence-corrected chi connectivity index (χ0v) is 15.7. The molecule has 0 aliphatic rings. The monoisotopic (exact) mass is 391 g/mol. The number of pyridine rings is 1. The molecule has 132 valence electrons. The Morgan fingerprint density at radius 1 is 0.889 bits per heavy atom. The van der Waals surface area contributed by atoms with Crippen molar-refractivity contribution in [2.45, 2.75) is 0 Å². The highest BCUT2D eigenvalue weighted by atomic mass is 35.5. The molecule has 2 aromatic heterocycles. The summed E-state index contributed by atoms with van der Waals surface area (Å²) in [4.78, 5) is 21.8. The molecule has 2 aromatic carbocycles. The van der Waals surface area contributed by atoms with Gasteiger partial charge in [-0.05, 0) is 24.3 Å². The summed E-state index contributed by atoms with van der Waals surface area (Å²) in [5, 5.41) is 4.05. The summed E-state index contributed by atoms with van der Waals surface area (Å²) in [6.07, 6.45) is 5.27. The summed E-state index contributed by atoms with van der Waals surface area (Å²) in [6, 6.07) is 18.6. The topological polar surface area (TPSA) is 54.9 Å². The number of carbonyl (C=O) groups is 1. The van der Waals surface area contributed by atoms with Crippen LogP contribution in [0.1, 0.15) is 10.4 Å². The van der Waals surface area contributed by atoms with Gasteiger partial charge in [0.25, 0.3) is 5.91 Å². The number of nitrogens with one attached hydrogen (secondary N) is 1. The maximum absolute atomic E-state index is 12.3. The van der Waals surface area contributed by atoms with Crippen LogP contribution >= 0.6 is 22.9 Å². The first-order chi connectivity index (χ1) is 13.2. The number of nitrogens with zero attached hydrogens (tertiary/aromatic N) is 2. The lowest BCUT2D eigenvalue weighted by atomic mass is 10.0. The number of anilines is 1. The molecular formula is C21H14ClN3OS. The second-order valence-corrected chi connectivity index (χ2v) is 7.19. The first-order valence-electron chi connectivity index (χ1n) is 8.24. The van der Waals surface area contributed by atoms with E-state index in [0.717, 1.165) is 21.6 Å². The number of rotatable bonds is 4. The van der Waals surface area contributed by atoms with E-state index < -0.39 is 0 Å². The van der Waals surface area contributed by atoms with E-state index in [2.05, 4.69) is 15.3 Å². The lowest BCUT2D eigenvalue weighted by Crippen LogP contribution is -2.11. The summed E-state index contributed by atoms with van der Waals surface area (Å²) in [7, 11) is 0. The Kier molecular flexibility index (Phi) is 4.96. The van der Waals surface area contributed by atoms with Crippen molar-refractivity contribution in [2.75, 3.05) is 5.32 Å². The molecule has 0 aliphatic heterocycles. The molecule has 0 atom stereocenters. The summed E-state index contributed by atoms with van der Waals surface area (Å²) >= 11 is 7.77. The minimum Gasteiger partial charge on any atom is -0.298 e. The summed E-state index contributed by atoms with van der Waals surface area (Å²) in [5.41, 5.74) is 3.39. The average molecular weight is 392 g/mol. The van der Waals surface area contributed by atoms with Crippen LogP contribution in [0.3, 0.4) is 0 Å². The van der Waals surface area contributed by atoms with E-state index in [9.17, 15) is 4.79 Å². The van der Waals surface area contributed by atoms with Crippen LogP contribution in [0.2, 0.25) is 5.02 Å². The van der Waals surface area contributed by atoms with Gasteiger partial charge in [0, 0.05) is 45.9 Å². The first-order valence-corrected chi connectivity index (χ1v) is 9.43. The van der Waals surface area contributed by atoms with Crippen molar-refractivity contribution in [2.24, 2.45) is 0 Å². The Morgan fingerprint density at radius 2 is 1.67 bits per heavy atom. The number of amides is 1. The van der Waals surface area contributed by atoms with Crippen LogP contribution in [0.4, 0.5) is 5.13 Å². The predicted octanol–water partition coefficient (Wildman–Crippen LogP) is 5.78. The number of halogens is 1. The van der Waals surface area contributed by atoms with Crippen LogP contribution < -0.4 is 5.32 Å². The summed E-state index contributed by atoms with van der Waals surface area (Å²) < 4.78 is 0. The molecule has 0 saturated carbocycles. The number of aromatic nitrogens is 2. The molecule has 1 N–H and O–H groups in total. The van der Waals surface area contributed by atoms with Gasteiger partial charge in [0.15, 0.2) is 5.13 Å². The molecule has 0 saturated heterocycles. The van der Waals surface area contributed by atoms with Gasteiger partial charge in [-0.15, -0.1) is 0 Å². The standard InChI is InChI=1S/C21H14ClN3OS/c22-18-9-5-4-8-15(18)17-12-23-11-10-16(17)19-13-24-21(27-19)25-20(26)14-6-2-1-3-7-14/h1-13H,(H,24,25,26). The number of thiazole rings is 1. The van der Waals surface area contributed by atoms with Crippen molar-refractivity contribution in [3.63, 3.8) is 0 Å².